The second-order valence-electron chi connectivity index (χ2n) is 5.89. The molecule has 0 radical (unpaired) electrons. The molecule has 1 atom stereocenters. The number of hydrogen-bond acceptors (Lipinski definition) is 7. The third kappa shape index (κ3) is 3.16. The second-order valence-corrected chi connectivity index (χ2v) is 5.89. The maximum atomic E-state index is 12.4. The smallest absolute Gasteiger partial charge is 0.291 e. The quantitative estimate of drug-likeness (QED) is 0.876. The first-order chi connectivity index (χ1) is 11.0. The molecule has 8 nitrogen and oxygen atoms in total. The van der Waals surface area contributed by atoms with Gasteiger partial charge in [-0.2, -0.15) is 0 Å². The summed E-state index contributed by atoms with van der Waals surface area (Å²) >= 11 is 0. The highest BCUT2D eigenvalue weighted by Crippen LogP contribution is 2.26. The number of aliphatic hydroxyl groups is 1. The highest BCUT2D eigenvalue weighted by atomic mass is 16.4. The minimum Gasteiger partial charge on any atom is -0.438 e. The van der Waals surface area contributed by atoms with Gasteiger partial charge in [-0.3, -0.25) is 9.78 Å². The number of rotatable bonds is 4. The van der Waals surface area contributed by atoms with E-state index in [9.17, 15) is 9.90 Å². The van der Waals surface area contributed by atoms with Crippen molar-refractivity contribution >= 4 is 11.7 Å². The summed E-state index contributed by atoms with van der Waals surface area (Å²) in [5.74, 6) is 0.648. The molecule has 1 fully saturated rings. The Labute approximate surface area is 133 Å². The number of carbonyl (C=O) groups is 1. The molecular weight excluding hydrogens is 298 g/mol. The molecule has 1 unspecified atom stereocenters. The van der Waals surface area contributed by atoms with Gasteiger partial charge >= 0.3 is 0 Å². The molecule has 2 aromatic rings. The summed E-state index contributed by atoms with van der Waals surface area (Å²) in [6.07, 6.45) is 6.69. The third-order valence-electron chi connectivity index (χ3n) is 4.02. The molecule has 1 saturated heterocycles. The predicted octanol–water partition coefficient (Wildman–Crippen LogP) is 0.486. The number of aryl methyl sites for hydroxylation is 1. The van der Waals surface area contributed by atoms with Gasteiger partial charge in [0.1, 0.15) is 11.4 Å². The average Bonchev–Trinajstić information content (AvgIpc) is 3.13. The normalized spacial score (nSPS) is 20.7. The van der Waals surface area contributed by atoms with E-state index in [1.807, 2.05) is 4.90 Å². The Morgan fingerprint density at radius 2 is 2.30 bits per heavy atom. The zero-order valence-electron chi connectivity index (χ0n) is 13.1. The van der Waals surface area contributed by atoms with Crippen LogP contribution in [0.1, 0.15) is 22.7 Å². The fourth-order valence-electron chi connectivity index (χ4n) is 2.83. The van der Waals surface area contributed by atoms with Gasteiger partial charge in [-0.15, -0.1) is 0 Å². The van der Waals surface area contributed by atoms with E-state index in [0.717, 1.165) is 5.82 Å². The molecule has 0 bridgehead atoms. The Kier molecular flexibility index (Phi) is 3.99. The van der Waals surface area contributed by atoms with Crippen molar-refractivity contribution in [2.45, 2.75) is 18.9 Å². The Morgan fingerprint density at radius 1 is 1.48 bits per heavy atom. The summed E-state index contributed by atoms with van der Waals surface area (Å²) in [4.78, 5) is 28.0. The van der Waals surface area contributed by atoms with Gasteiger partial charge < -0.3 is 19.3 Å². The van der Waals surface area contributed by atoms with Crippen molar-refractivity contribution in [3.63, 3.8) is 0 Å². The maximum Gasteiger partial charge on any atom is 0.291 e. The van der Waals surface area contributed by atoms with Crippen molar-refractivity contribution in [1.82, 2.24) is 19.9 Å². The van der Waals surface area contributed by atoms with Crippen LogP contribution in [-0.4, -0.2) is 63.1 Å². The standard InChI is InChI=1S/C15H19N5O3/c1-11-13(23-10-18-11)14(21)19(2)8-15(22)3-6-20(9-15)12-7-16-4-5-17-12/h4-5,7,10,22H,3,6,8-9H2,1-2H3. The fourth-order valence-corrected chi connectivity index (χ4v) is 2.83. The number of carbonyl (C=O) groups excluding carboxylic acids is 1. The third-order valence-corrected chi connectivity index (χ3v) is 4.02. The van der Waals surface area contributed by atoms with Gasteiger partial charge in [0.05, 0.1) is 18.4 Å². The van der Waals surface area contributed by atoms with Crippen LogP contribution >= 0.6 is 0 Å². The molecule has 23 heavy (non-hydrogen) atoms. The van der Waals surface area contributed by atoms with Crippen LogP contribution in [0, 0.1) is 6.92 Å². The zero-order chi connectivity index (χ0) is 16.4. The van der Waals surface area contributed by atoms with Crippen molar-refractivity contribution in [2.75, 3.05) is 31.6 Å². The zero-order valence-corrected chi connectivity index (χ0v) is 13.1. The molecule has 3 heterocycles. The lowest BCUT2D eigenvalue weighted by atomic mass is 10.0. The van der Waals surface area contributed by atoms with E-state index in [1.165, 1.54) is 11.3 Å². The first kappa shape index (κ1) is 15.4. The molecule has 0 spiro atoms. The summed E-state index contributed by atoms with van der Waals surface area (Å²) in [6.45, 7) is 2.99. The molecule has 0 aromatic carbocycles. The largest absolute Gasteiger partial charge is 0.438 e. The summed E-state index contributed by atoms with van der Waals surface area (Å²) in [6, 6.07) is 0. The monoisotopic (exact) mass is 317 g/mol. The highest BCUT2D eigenvalue weighted by Gasteiger charge is 2.39. The summed E-state index contributed by atoms with van der Waals surface area (Å²) in [5, 5.41) is 10.8. The SMILES string of the molecule is Cc1ncoc1C(=O)N(C)CC1(O)CCN(c2cnccn2)C1. The lowest BCUT2D eigenvalue weighted by Gasteiger charge is -2.28. The maximum absolute atomic E-state index is 12.4. The van der Waals surface area contributed by atoms with Crippen molar-refractivity contribution < 1.29 is 14.3 Å². The van der Waals surface area contributed by atoms with Crippen LogP contribution in [0.4, 0.5) is 5.82 Å². The Bertz CT molecular complexity index is 689. The van der Waals surface area contributed by atoms with Crippen LogP contribution in [0.5, 0.6) is 0 Å². The second kappa shape index (κ2) is 5.96. The minimum atomic E-state index is -0.990. The highest BCUT2D eigenvalue weighted by molar-refractivity contribution is 5.92. The molecule has 122 valence electrons. The number of hydrogen-bond donors (Lipinski definition) is 1. The molecule has 2 aromatic heterocycles. The molecule has 1 aliphatic heterocycles. The van der Waals surface area contributed by atoms with E-state index in [2.05, 4.69) is 15.0 Å². The van der Waals surface area contributed by atoms with Crippen LogP contribution in [-0.2, 0) is 0 Å². The molecule has 8 heteroatoms. The topological polar surface area (TPSA) is 95.6 Å². The number of oxazole rings is 1. The Morgan fingerprint density at radius 3 is 2.96 bits per heavy atom. The van der Waals surface area contributed by atoms with E-state index >= 15 is 0 Å². The van der Waals surface area contributed by atoms with Crippen molar-refractivity contribution in [2.24, 2.45) is 0 Å². The molecule has 0 aliphatic carbocycles. The van der Waals surface area contributed by atoms with Gasteiger partial charge in [0.15, 0.2) is 6.39 Å². The van der Waals surface area contributed by atoms with Crippen molar-refractivity contribution in [1.29, 1.82) is 0 Å². The Balaban J connectivity index is 1.66. The van der Waals surface area contributed by atoms with Crippen LogP contribution in [0.25, 0.3) is 0 Å². The van der Waals surface area contributed by atoms with E-state index < -0.39 is 5.60 Å². The number of nitrogens with zero attached hydrogens (tertiary/aromatic N) is 5. The molecular formula is C15H19N5O3. The predicted molar refractivity (Wildman–Crippen MR) is 82.0 cm³/mol. The number of aromatic nitrogens is 3. The minimum absolute atomic E-state index is 0.208. The van der Waals surface area contributed by atoms with Crippen LogP contribution in [0.15, 0.2) is 29.4 Å². The van der Waals surface area contributed by atoms with Crippen LogP contribution in [0.3, 0.4) is 0 Å². The first-order valence-electron chi connectivity index (χ1n) is 7.37. The van der Waals surface area contributed by atoms with Crippen molar-refractivity contribution in [3.8, 4) is 0 Å². The number of anilines is 1. The van der Waals surface area contributed by atoms with Gasteiger partial charge in [0.25, 0.3) is 5.91 Å². The number of likely N-dealkylation sites (N-methyl/N-ethyl adjacent to an activating group) is 1. The molecule has 3 rings (SSSR count). The lowest BCUT2D eigenvalue weighted by Crippen LogP contribution is -2.46. The van der Waals surface area contributed by atoms with Gasteiger partial charge in [-0.1, -0.05) is 0 Å². The molecule has 1 aliphatic rings. The Hall–Kier alpha value is -2.48. The van der Waals surface area contributed by atoms with Gasteiger partial charge in [0, 0.05) is 32.5 Å². The summed E-state index contributed by atoms with van der Waals surface area (Å²) in [5.41, 5.74) is -0.447. The lowest BCUT2D eigenvalue weighted by molar-refractivity contribution is 0.0251. The first-order valence-corrected chi connectivity index (χ1v) is 7.37. The van der Waals surface area contributed by atoms with E-state index in [4.69, 9.17) is 4.42 Å². The number of amides is 1. The van der Waals surface area contributed by atoms with E-state index in [-0.39, 0.29) is 18.2 Å². The van der Waals surface area contributed by atoms with Crippen molar-refractivity contribution in [3.05, 3.63) is 36.4 Å². The van der Waals surface area contributed by atoms with Gasteiger partial charge in [0.2, 0.25) is 5.76 Å². The molecule has 1 amide bonds. The van der Waals surface area contributed by atoms with E-state index in [0.29, 0.717) is 25.2 Å². The summed E-state index contributed by atoms with van der Waals surface area (Å²) < 4.78 is 5.12. The summed E-state index contributed by atoms with van der Waals surface area (Å²) in [7, 11) is 1.65. The van der Waals surface area contributed by atoms with E-state index in [1.54, 1.807) is 32.6 Å². The van der Waals surface area contributed by atoms with Gasteiger partial charge in [-0.05, 0) is 13.3 Å². The van der Waals surface area contributed by atoms with Crippen LogP contribution < -0.4 is 4.90 Å². The number of β-amino-alcohol motifs (C(OH)–C–C–N with tert-alkyl or cyclic N) is 1. The van der Waals surface area contributed by atoms with Crippen LogP contribution in [0.2, 0.25) is 0 Å². The fraction of sp³-hybridized carbons (Fsp3) is 0.467. The molecule has 0 saturated carbocycles. The molecule has 1 N–H and O–H groups in total. The average molecular weight is 317 g/mol. The van der Waals surface area contributed by atoms with Gasteiger partial charge in [-0.25, -0.2) is 9.97 Å².